The van der Waals surface area contributed by atoms with Gasteiger partial charge in [-0.25, -0.2) is 0 Å². The van der Waals surface area contributed by atoms with Crippen molar-refractivity contribution in [3.05, 3.63) is 69.7 Å². The average Bonchev–Trinajstić information content (AvgIpc) is 2.77. The topological polar surface area (TPSA) is 128 Å². The minimum atomic E-state index is -1.13. The maximum Gasteiger partial charge on any atom is 0.225 e. The number of carbonyl (C=O) groups excluding carboxylic acids is 2. The number of carbonyl (C=O) groups is 2. The molecule has 4 atom stereocenters. The molecule has 172 valence electrons. The van der Waals surface area contributed by atoms with Crippen molar-refractivity contribution in [2.75, 3.05) is 0 Å². The van der Waals surface area contributed by atoms with Gasteiger partial charge in [-0.05, 0) is 49.8 Å². The number of hydrogen-bond donors (Lipinski definition) is 4. The summed E-state index contributed by atoms with van der Waals surface area (Å²) in [5, 5.41) is 20.2. The lowest BCUT2D eigenvalue weighted by molar-refractivity contribution is -0.472. The highest BCUT2D eigenvalue weighted by Crippen LogP contribution is 2.36. The van der Waals surface area contributed by atoms with E-state index in [-0.39, 0.29) is 11.6 Å². The van der Waals surface area contributed by atoms with E-state index in [1.807, 2.05) is 18.2 Å². The van der Waals surface area contributed by atoms with Gasteiger partial charge in [0.05, 0.1) is 5.02 Å². The Labute approximate surface area is 197 Å². The summed E-state index contributed by atoms with van der Waals surface area (Å²) in [6.45, 7) is 0. The fraction of sp³-hybridized carbons (Fsp3) is 0.417. The number of halogens is 2. The van der Waals surface area contributed by atoms with Crippen molar-refractivity contribution in [2.24, 2.45) is 5.73 Å². The minimum Gasteiger partial charge on any atom is -0.385 e. The van der Waals surface area contributed by atoms with Crippen LogP contribution in [0, 0.1) is 0 Å². The van der Waals surface area contributed by atoms with E-state index in [1.54, 1.807) is 30.3 Å². The molecule has 2 aromatic rings. The molecule has 0 unspecified atom stereocenters. The van der Waals surface area contributed by atoms with Crippen molar-refractivity contribution in [1.29, 1.82) is 0 Å². The molecule has 0 bridgehead atoms. The van der Waals surface area contributed by atoms with E-state index in [0.29, 0.717) is 41.3 Å². The van der Waals surface area contributed by atoms with E-state index in [1.165, 1.54) is 0 Å². The monoisotopic (exact) mass is 479 g/mol. The van der Waals surface area contributed by atoms with Crippen LogP contribution in [0.4, 0.5) is 0 Å². The predicted octanol–water partition coefficient (Wildman–Crippen LogP) is 2.50. The molecule has 0 amide bonds. The molecule has 8 heteroatoms. The van der Waals surface area contributed by atoms with Gasteiger partial charge in [0.2, 0.25) is 5.78 Å². The Morgan fingerprint density at radius 3 is 1.84 bits per heavy atom. The summed E-state index contributed by atoms with van der Waals surface area (Å²) in [5.41, 5.74) is 9.44. The SMILES string of the molecule is N[C@@]1(c2ccccc2Cl)CCC[C@@H](O)C1=O.[NH3+][C@@]1(c2ccccc2Cl)CCC[C@@H](O)C1=O. The Morgan fingerprint density at radius 1 is 0.812 bits per heavy atom. The third kappa shape index (κ3) is 4.76. The summed E-state index contributed by atoms with van der Waals surface area (Å²) in [6, 6.07) is 14.3. The van der Waals surface area contributed by atoms with E-state index in [4.69, 9.17) is 28.9 Å². The van der Waals surface area contributed by atoms with Crippen LogP contribution < -0.4 is 11.5 Å². The fourth-order valence-corrected chi connectivity index (χ4v) is 5.12. The van der Waals surface area contributed by atoms with E-state index in [0.717, 1.165) is 18.4 Å². The summed E-state index contributed by atoms with van der Waals surface area (Å²) in [7, 11) is 0. The number of benzene rings is 2. The van der Waals surface area contributed by atoms with Crippen LogP contribution in [0.2, 0.25) is 10.0 Å². The van der Waals surface area contributed by atoms with Gasteiger partial charge < -0.3 is 21.7 Å². The fourth-order valence-electron chi connectivity index (χ4n) is 4.50. The van der Waals surface area contributed by atoms with Crippen LogP contribution in [0.3, 0.4) is 0 Å². The third-order valence-corrected chi connectivity index (χ3v) is 7.05. The number of aliphatic hydroxyl groups excluding tert-OH is 2. The highest BCUT2D eigenvalue weighted by molar-refractivity contribution is 6.32. The van der Waals surface area contributed by atoms with E-state index in [2.05, 4.69) is 5.73 Å². The molecule has 2 aromatic carbocycles. The van der Waals surface area contributed by atoms with Crippen LogP contribution in [0.5, 0.6) is 0 Å². The molecule has 7 N–H and O–H groups in total. The second-order valence-corrected chi connectivity index (χ2v) is 9.37. The largest absolute Gasteiger partial charge is 0.385 e. The first-order valence-electron chi connectivity index (χ1n) is 10.7. The molecule has 32 heavy (non-hydrogen) atoms. The van der Waals surface area contributed by atoms with Crippen LogP contribution >= 0.6 is 23.2 Å². The molecular formula is C24H29Cl2N2O4+. The number of nitrogens with two attached hydrogens (primary N) is 1. The predicted molar refractivity (Wildman–Crippen MR) is 123 cm³/mol. The van der Waals surface area contributed by atoms with Crippen molar-refractivity contribution < 1.29 is 25.5 Å². The maximum absolute atomic E-state index is 12.0. The average molecular weight is 480 g/mol. The van der Waals surface area contributed by atoms with Crippen molar-refractivity contribution in [2.45, 2.75) is 61.8 Å². The number of Topliss-reactive ketones (excluding diaryl/α,β-unsaturated/α-hetero) is 2. The first-order chi connectivity index (χ1) is 15.1. The molecule has 2 aliphatic carbocycles. The van der Waals surface area contributed by atoms with Crippen LogP contribution in [0.25, 0.3) is 0 Å². The molecule has 6 nitrogen and oxygen atoms in total. The van der Waals surface area contributed by atoms with Crippen molar-refractivity contribution >= 4 is 34.8 Å². The molecule has 0 spiro atoms. The zero-order valence-corrected chi connectivity index (χ0v) is 19.3. The van der Waals surface area contributed by atoms with Crippen LogP contribution in [-0.2, 0) is 20.7 Å². The maximum atomic E-state index is 12.0. The molecule has 4 rings (SSSR count). The minimum absolute atomic E-state index is 0.216. The molecule has 0 aliphatic heterocycles. The quantitative estimate of drug-likeness (QED) is 0.525. The zero-order chi connectivity index (χ0) is 23.5. The van der Waals surface area contributed by atoms with Gasteiger partial charge in [0.25, 0.3) is 0 Å². The molecular weight excluding hydrogens is 451 g/mol. The smallest absolute Gasteiger partial charge is 0.225 e. The van der Waals surface area contributed by atoms with E-state index in [9.17, 15) is 19.8 Å². The first kappa shape index (κ1) is 24.8. The first-order valence-corrected chi connectivity index (χ1v) is 11.5. The van der Waals surface area contributed by atoms with Gasteiger partial charge in [-0.3, -0.25) is 9.59 Å². The molecule has 2 aliphatic rings. The normalized spacial score (nSPS) is 30.4. The van der Waals surface area contributed by atoms with Gasteiger partial charge in [0, 0.05) is 17.0 Å². The molecule has 0 heterocycles. The number of quaternary nitrogens is 1. The Bertz CT molecular complexity index is 922. The molecule has 0 radical (unpaired) electrons. The molecule has 0 saturated heterocycles. The molecule has 0 aromatic heterocycles. The summed E-state index contributed by atoms with van der Waals surface area (Å²) < 4.78 is 0. The van der Waals surface area contributed by atoms with Crippen molar-refractivity contribution in [1.82, 2.24) is 0 Å². The van der Waals surface area contributed by atoms with Crippen LogP contribution in [0.1, 0.15) is 49.7 Å². The zero-order valence-electron chi connectivity index (χ0n) is 17.8. The highest BCUT2D eigenvalue weighted by Gasteiger charge is 2.47. The Kier molecular flexibility index (Phi) is 7.76. The van der Waals surface area contributed by atoms with Gasteiger partial charge in [-0.1, -0.05) is 59.6 Å². The molecule has 2 fully saturated rings. The Balaban J connectivity index is 0.000000181. The van der Waals surface area contributed by atoms with Crippen molar-refractivity contribution in [3.63, 3.8) is 0 Å². The van der Waals surface area contributed by atoms with Gasteiger partial charge in [0.1, 0.15) is 17.7 Å². The summed E-state index contributed by atoms with van der Waals surface area (Å²) in [4.78, 5) is 24.0. The second kappa shape index (κ2) is 10.00. The van der Waals surface area contributed by atoms with Gasteiger partial charge in [-0.15, -0.1) is 0 Å². The van der Waals surface area contributed by atoms with Crippen LogP contribution in [-0.4, -0.2) is 34.0 Å². The highest BCUT2D eigenvalue weighted by atomic mass is 35.5. The summed E-state index contributed by atoms with van der Waals surface area (Å²) in [5.74, 6) is -0.543. The van der Waals surface area contributed by atoms with Crippen molar-refractivity contribution in [3.8, 4) is 0 Å². The number of rotatable bonds is 2. The van der Waals surface area contributed by atoms with Gasteiger partial charge in [-0.2, -0.15) is 0 Å². The van der Waals surface area contributed by atoms with Gasteiger partial charge in [0.15, 0.2) is 11.3 Å². The standard InChI is InChI=1S/2C12H14ClNO2/c2*13-9-5-2-1-4-8(9)12(14)7-3-6-10(15)11(12)16/h2*1-2,4-5,10,15H,3,6-7,14H2/p+1/t2*10-,12-/m11/s1. The second-order valence-electron chi connectivity index (χ2n) is 8.56. The number of ketones is 2. The summed E-state index contributed by atoms with van der Waals surface area (Å²) in [6.07, 6.45) is 1.86. The number of aliphatic hydroxyl groups is 2. The van der Waals surface area contributed by atoms with E-state index < -0.39 is 23.3 Å². The lowest BCUT2D eigenvalue weighted by Crippen LogP contribution is -2.76. The van der Waals surface area contributed by atoms with Gasteiger partial charge >= 0.3 is 0 Å². The number of hydrogen-bond acceptors (Lipinski definition) is 5. The van der Waals surface area contributed by atoms with Crippen LogP contribution in [0.15, 0.2) is 48.5 Å². The Morgan fingerprint density at radius 2 is 1.28 bits per heavy atom. The Hall–Kier alpha value is -1.80. The lowest BCUT2D eigenvalue weighted by Gasteiger charge is -2.35. The summed E-state index contributed by atoms with van der Waals surface area (Å²) >= 11 is 12.1. The lowest BCUT2D eigenvalue weighted by atomic mass is 9.75. The molecule has 2 saturated carbocycles. The van der Waals surface area contributed by atoms with E-state index >= 15 is 0 Å². The third-order valence-electron chi connectivity index (χ3n) is 6.39.